The molecule has 0 fully saturated rings. The summed E-state index contributed by atoms with van der Waals surface area (Å²) in [5, 5.41) is 3.81. The molecule has 0 aromatic carbocycles. The highest BCUT2D eigenvalue weighted by Gasteiger charge is 2.04. The summed E-state index contributed by atoms with van der Waals surface area (Å²) in [6.45, 7) is 1.84. The van der Waals surface area contributed by atoms with Gasteiger partial charge in [0, 0.05) is 10.6 Å². The molecule has 1 N–H and O–H groups in total. The van der Waals surface area contributed by atoms with Crippen molar-refractivity contribution in [2.75, 3.05) is 7.05 Å². The van der Waals surface area contributed by atoms with E-state index >= 15 is 0 Å². The highest BCUT2D eigenvalue weighted by molar-refractivity contribution is 14.1. The maximum atomic E-state index is 10.5. The van der Waals surface area contributed by atoms with Gasteiger partial charge in [-0.15, -0.1) is 0 Å². The predicted octanol–water partition coefficient (Wildman–Crippen LogP) is 1.82. The number of hydrogen-bond donors (Lipinski definition) is 1. The van der Waals surface area contributed by atoms with E-state index in [2.05, 4.69) is 49.0 Å². The van der Waals surface area contributed by atoms with E-state index in [-0.39, 0.29) is 0 Å². The van der Waals surface area contributed by atoms with E-state index in [0.717, 1.165) is 9.87 Å². The van der Waals surface area contributed by atoms with Crippen LogP contribution in [0.25, 0.3) is 0 Å². The minimum absolute atomic E-state index is 0.530. The zero-order valence-electron chi connectivity index (χ0n) is 6.19. The van der Waals surface area contributed by atoms with Gasteiger partial charge in [-0.05, 0) is 45.4 Å². The minimum atomic E-state index is 0.530. The van der Waals surface area contributed by atoms with Crippen LogP contribution in [0.1, 0.15) is 6.92 Å². The first-order valence-corrected chi connectivity index (χ1v) is 4.72. The molecule has 0 aromatic rings. The van der Waals surface area contributed by atoms with Gasteiger partial charge in [-0.3, -0.25) is 4.79 Å². The van der Waals surface area contributed by atoms with E-state index in [1.165, 1.54) is 0 Å². The third-order valence-corrected chi connectivity index (χ3v) is 2.11. The van der Waals surface area contributed by atoms with Gasteiger partial charge in [0.25, 0.3) is 0 Å². The maximum Gasteiger partial charge on any atom is 0.153 e. The van der Waals surface area contributed by atoms with Gasteiger partial charge in [0.15, 0.2) is 6.29 Å². The molecule has 0 bridgehead atoms. The molecule has 0 saturated carbocycles. The van der Waals surface area contributed by atoms with Gasteiger partial charge in [0.2, 0.25) is 0 Å². The van der Waals surface area contributed by atoms with E-state index in [9.17, 15) is 4.79 Å². The molecule has 0 aliphatic rings. The number of nitrogens with zero attached hydrogens (tertiary/aromatic N) is 1. The third kappa shape index (κ3) is 3.85. The van der Waals surface area contributed by atoms with Crippen LogP contribution in [-0.2, 0) is 4.79 Å². The largest absolute Gasteiger partial charge is 0.312 e. The molecule has 0 aliphatic carbocycles. The summed E-state index contributed by atoms with van der Waals surface area (Å²) in [6.07, 6.45) is 0.771. The summed E-state index contributed by atoms with van der Waals surface area (Å²) in [5.74, 6) is 0. The van der Waals surface area contributed by atoms with E-state index in [1.807, 2.05) is 6.92 Å². The van der Waals surface area contributed by atoms with Crippen molar-refractivity contribution in [2.45, 2.75) is 6.92 Å². The molecule has 0 radical (unpaired) electrons. The lowest BCUT2D eigenvalue weighted by Gasteiger charge is -1.97. The Bertz CT molecular complexity index is 209. The number of rotatable bonds is 3. The molecule has 0 aliphatic heterocycles. The number of halogens is 2. The van der Waals surface area contributed by atoms with Gasteiger partial charge in [-0.25, -0.2) is 0 Å². The topological polar surface area (TPSA) is 41.5 Å². The third-order valence-electron chi connectivity index (χ3n) is 0.921. The Hall–Kier alpha value is 0.0900. The first-order valence-electron chi connectivity index (χ1n) is 2.85. The fraction of sp³-hybridized carbons (Fsp3) is 0.333. The quantitative estimate of drug-likeness (QED) is 0.282. The normalized spacial score (nSPS) is 14.0. The van der Waals surface area contributed by atoms with Crippen molar-refractivity contribution in [3.63, 3.8) is 0 Å². The SMILES string of the molecule is CN/N=C(Br)\C(C=O)=C(/C)I. The summed E-state index contributed by atoms with van der Waals surface area (Å²) in [4.78, 5) is 10.5. The lowest BCUT2D eigenvalue weighted by molar-refractivity contribution is -0.104. The zero-order chi connectivity index (χ0) is 8.85. The molecule has 0 amide bonds. The van der Waals surface area contributed by atoms with Crippen LogP contribution in [0.2, 0.25) is 0 Å². The molecule has 5 heteroatoms. The van der Waals surface area contributed by atoms with Gasteiger partial charge in [-0.2, -0.15) is 5.10 Å². The Labute approximate surface area is 87.6 Å². The smallest absolute Gasteiger partial charge is 0.153 e. The Morgan fingerprint density at radius 1 is 1.73 bits per heavy atom. The lowest BCUT2D eigenvalue weighted by Crippen LogP contribution is -2.03. The molecule has 0 unspecified atom stereocenters. The number of hydrogen-bond acceptors (Lipinski definition) is 3. The lowest BCUT2D eigenvalue weighted by atomic mass is 10.3. The number of carbonyl (C=O) groups excluding carboxylic acids is 1. The van der Waals surface area contributed by atoms with Crippen molar-refractivity contribution in [3.8, 4) is 0 Å². The number of aldehydes is 1. The molecule has 0 heterocycles. The fourth-order valence-corrected chi connectivity index (χ4v) is 1.75. The van der Waals surface area contributed by atoms with Gasteiger partial charge in [-0.1, -0.05) is 0 Å². The van der Waals surface area contributed by atoms with E-state index in [0.29, 0.717) is 10.2 Å². The summed E-state index contributed by atoms with van der Waals surface area (Å²) in [6, 6.07) is 0. The summed E-state index contributed by atoms with van der Waals surface area (Å²) in [7, 11) is 1.67. The Balaban J connectivity index is 4.67. The van der Waals surface area contributed by atoms with Crippen LogP contribution in [0.5, 0.6) is 0 Å². The minimum Gasteiger partial charge on any atom is -0.312 e. The highest BCUT2D eigenvalue weighted by Crippen LogP contribution is 2.13. The highest BCUT2D eigenvalue weighted by atomic mass is 127. The second kappa shape index (κ2) is 5.70. The Kier molecular flexibility index (Phi) is 5.75. The number of carbonyl (C=O) groups is 1. The Morgan fingerprint density at radius 2 is 2.27 bits per heavy atom. The average Bonchev–Trinajstić information content (AvgIpc) is 1.88. The molecule has 0 rings (SSSR count). The van der Waals surface area contributed by atoms with Crippen LogP contribution in [0.15, 0.2) is 14.3 Å². The summed E-state index contributed by atoms with van der Waals surface area (Å²) >= 11 is 5.23. The standard InChI is InChI=1S/C6H8BrIN2O/c1-4(8)5(3-11)6(7)10-9-2/h3,9H,1-2H3/b5-4+,10-6+. The first kappa shape index (κ1) is 11.1. The Morgan fingerprint density at radius 3 is 2.55 bits per heavy atom. The second-order valence-electron chi connectivity index (χ2n) is 1.69. The second-order valence-corrected chi connectivity index (χ2v) is 4.06. The van der Waals surface area contributed by atoms with Gasteiger partial charge >= 0.3 is 0 Å². The molecule has 0 atom stereocenters. The molecule has 0 spiro atoms. The van der Waals surface area contributed by atoms with Gasteiger partial charge < -0.3 is 5.43 Å². The monoisotopic (exact) mass is 330 g/mol. The first-order chi connectivity index (χ1) is 5.13. The van der Waals surface area contributed by atoms with Crippen LogP contribution in [-0.4, -0.2) is 18.0 Å². The van der Waals surface area contributed by atoms with Crippen molar-refractivity contribution in [3.05, 3.63) is 9.15 Å². The van der Waals surface area contributed by atoms with Crippen LogP contribution in [0.4, 0.5) is 0 Å². The van der Waals surface area contributed by atoms with Crippen molar-refractivity contribution < 1.29 is 4.79 Å². The van der Waals surface area contributed by atoms with Crippen molar-refractivity contribution in [1.29, 1.82) is 0 Å². The number of hydrazone groups is 1. The van der Waals surface area contributed by atoms with E-state index in [1.54, 1.807) is 7.05 Å². The van der Waals surface area contributed by atoms with Gasteiger partial charge in [0.05, 0.1) is 5.57 Å². The fourth-order valence-electron chi connectivity index (χ4n) is 0.430. The molecular formula is C6H8BrIN2O. The van der Waals surface area contributed by atoms with Crippen LogP contribution in [0, 0.1) is 0 Å². The van der Waals surface area contributed by atoms with Crippen molar-refractivity contribution in [1.82, 2.24) is 5.43 Å². The molecule has 0 aromatic heterocycles. The average molecular weight is 331 g/mol. The van der Waals surface area contributed by atoms with Crippen LogP contribution < -0.4 is 5.43 Å². The predicted molar refractivity (Wildman–Crippen MR) is 58.2 cm³/mol. The van der Waals surface area contributed by atoms with Gasteiger partial charge in [0.1, 0.15) is 4.62 Å². The van der Waals surface area contributed by atoms with Crippen LogP contribution in [0.3, 0.4) is 0 Å². The zero-order valence-corrected chi connectivity index (χ0v) is 9.93. The molecule has 11 heavy (non-hydrogen) atoms. The summed E-state index contributed by atoms with van der Waals surface area (Å²) < 4.78 is 1.44. The number of allylic oxidation sites excluding steroid dienone is 2. The van der Waals surface area contributed by atoms with Crippen LogP contribution >= 0.6 is 38.5 Å². The van der Waals surface area contributed by atoms with Crippen molar-refractivity contribution >= 4 is 49.4 Å². The summed E-state index contributed by atoms with van der Waals surface area (Å²) in [5.41, 5.74) is 3.15. The molecular weight excluding hydrogens is 323 g/mol. The van der Waals surface area contributed by atoms with Crippen molar-refractivity contribution in [2.24, 2.45) is 5.10 Å². The maximum absolute atomic E-state index is 10.5. The van der Waals surface area contributed by atoms with E-state index in [4.69, 9.17) is 0 Å². The molecule has 3 nitrogen and oxygen atoms in total. The molecule has 0 saturated heterocycles. The molecule has 62 valence electrons. The van der Waals surface area contributed by atoms with E-state index < -0.39 is 0 Å². The number of nitrogens with one attached hydrogen (secondary N) is 1.